The minimum Gasteiger partial charge on any atom is -0.337 e. The molecule has 0 spiro atoms. The van der Waals surface area contributed by atoms with Crippen molar-refractivity contribution < 1.29 is 4.79 Å². The van der Waals surface area contributed by atoms with Gasteiger partial charge in [0.25, 0.3) is 5.91 Å². The van der Waals surface area contributed by atoms with E-state index in [1.54, 1.807) is 11.3 Å². The summed E-state index contributed by atoms with van der Waals surface area (Å²) >= 11 is 1.66. The summed E-state index contributed by atoms with van der Waals surface area (Å²) < 4.78 is 0. The van der Waals surface area contributed by atoms with Crippen molar-refractivity contribution in [2.45, 2.75) is 26.2 Å². The Bertz CT molecular complexity index is 766. The zero-order chi connectivity index (χ0) is 16.0. The molecule has 2 aliphatic rings. The van der Waals surface area contributed by atoms with Crippen molar-refractivity contribution in [2.75, 3.05) is 19.6 Å². The minimum absolute atomic E-state index is 0.0825. The van der Waals surface area contributed by atoms with Crippen LogP contribution in [0.4, 0.5) is 0 Å². The van der Waals surface area contributed by atoms with Crippen molar-refractivity contribution >= 4 is 17.2 Å². The number of amides is 1. The second-order valence-electron chi connectivity index (χ2n) is 7.11. The Balaban J connectivity index is 1.63. The molecule has 1 fully saturated rings. The molecular formula is C19H22N2OS. The number of nitrogens with two attached hydrogens (primary N) is 1. The molecule has 1 saturated heterocycles. The first kappa shape index (κ1) is 14.9. The van der Waals surface area contributed by atoms with Crippen LogP contribution < -0.4 is 5.73 Å². The molecule has 1 aliphatic heterocycles. The molecule has 4 rings (SSSR count). The van der Waals surface area contributed by atoms with Crippen molar-refractivity contribution in [3.63, 3.8) is 0 Å². The third-order valence-electron chi connectivity index (χ3n) is 5.28. The molecule has 2 heterocycles. The highest BCUT2D eigenvalue weighted by Crippen LogP contribution is 2.40. The molecule has 0 radical (unpaired) electrons. The van der Waals surface area contributed by atoms with Gasteiger partial charge in [0.2, 0.25) is 0 Å². The number of thiophene rings is 1. The van der Waals surface area contributed by atoms with Gasteiger partial charge in [0.15, 0.2) is 0 Å². The van der Waals surface area contributed by atoms with Gasteiger partial charge in [0.05, 0.1) is 4.88 Å². The van der Waals surface area contributed by atoms with E-state index in [2.05, 4.69) is 37.3 Å². The number of likely N-dealkylation sites (tertiary alicyclic amines) is 1. The summed E-state index contributed by atoms with van der Waals surface area (Å²) in [5.74, 6) is 0.180. The molecule has 1 aliphatic carbocycles. The largest absolute Gasteiger partial charge is 0.337 e. The fourth-order valence-corrected chi connectivity index (χ4v) is 4.94. The van der Waals surface area contributed by atoms with E-state index >= 15 is 0 Å². The zero-order valence-electron chi connectivity index (χ0n) is 13.5. The zero-order valence-corrected chi connectivity index (χ0v) is 14.3. The number of aryl methyl sites for hydroxylation is 2. The van der Waals surface area contributed by atoms with Gasteiger partial charge in [-0.1, -0.05) is 31.2 Å². The fraction of sp³-hybridized carbons (Fsp3) is 0.421. The molecule has 2 aromatic rings. The Morgan fingerprint density at radius 1 is 1.30 bits per heavy atom. The molecule has 1 unspecified atom stereocenters. The second kappa shape index (κ2) is 5.46. The van der Waals surface area contributed by atoms with E-state index in [4.69, 9.17) is 5.73 Å². The average molecular weight is 326 g/mol. The van der Waals surface area contributed by atoms with Crippen molar-refractivity contribution in [1.29, 1.82) is 0 Å². The van der Waals surface area contributed by atoms with Crippen LogP contribution in [0.2, 0.25) is 0 Å². The number of hydrogen-bond donors (Lipinski definition) is 1. The number of fused-ring (bicyclic) bond motifs is 3. The summed E-state index contributed by atoms with van der Waals surface area (Å²) in [5, 5.41) is 0. The molecule has 2 N–H and O–H groups in total. The Morgan fingerprint density at radius 2 is 2.09 bits per heavy atom. The summed E-state index contributed by atoms with van der Waals surface area (Å²) in [5.41, 5.74) is 9.99. The van der Waals surface area contributed by atoms with Crippen molar-refractivity contribution in [1.82, 2.24) is 4.90 Å². The highest BCUT2D eigenvalue weighted by molar-refractivity contribution is 7.17. The van der Waals surface area contributed by atoms with Crippen LogP contribution in [0.3, 0.4) is 0 Å². The lowest BCUT2D eigenvalue weighted by atomic mass is 9.90. The predicted molar refractivity (Wildman–Crippen MR) is 94.8 cm³/mol. The van der Waals surface area contributed by atoms with E-state index in [0.29, 0.717) is 6.54 Å². The van der Waals surface area contributed by atoms with Crippen LogP contribution in [0.5, 0.6) is 0 Å². The number of rotatable bonds is 2. The molecule has 23 heavy (non-hydrogen) atoms. The molecule has 0 saturated carbocycles. The number of carbonyl (C=O) groups is 1. The van der Waals surface area contributed by atoms with Gasteiger partial charge in [-0.3, -0.25) is 4.79 Å². The van der Waals surface area contributed by atoms with Gasteiger partial charge in [0.1, 0.15) is 0 Å². The molecule has 120 valence electrons. The van der Waals surface area contributed by atoms with E-state index in [9.17, 15) is 4.79 Å². The summed E-state index contributed by atoms with van der Waals surface area (Å²) in [6.45, 7) is 4.42. The second-order valence-corrected chi connectivity index (χ2v) is 8.17. The van der Waals surface area contributed by atoms with Gasteiger partial charge >= 0.3 is 0 Å². The molecule has 1 aromatic heterocycles. The van der Waals surface area contributed by atoms with Crippen LogP contribution in [-0.2, 0) is 12.8 Å². The SMILES string of the molecule is CC1(CN)CCN(C(=O)c2cc3c(s2)-c2ccccc2CC3)C1. The van der Waals surface area contributed by atoms with E-state index in [0.717, 1.165) is 37.2 Å². The van der Waals surface area contributed by atoms with E-state index in [1.165, 1.54) is 21.6 Å². The first-order chi connectivity index (χ1) is 11.1. The van der Waals surface area contributed by atoms with Gasteiger partial charge in [-0.2, -0.15) is 0 Å². The lowest BCUT2D eigenvalue weighted by Gasteiger charge is -2.22. The monoisotopic (exact) mass is 326 g/mol. The quantitative estimate of drug-likeness (QED) is 0.920. The van der Waals surface area contributed by atoms with Crippen LogP contribution in [0.15, 0.2) is 30.3 Å². The summed E-state index contributed by atoms with van der Waals surface area (Å²) in [4.78, 5) is 17.0. The topological polar surface area (TPSA) is 46.3 Å². The average Bonchev–Trinajstić information content (AvgIpc) is 3.19. The normalized spacial score (nSPS) is 22.8. The number of carbonyl (C=O) groups excluding carboxylic acids is 1. The summed E-state index contributed by atoms with van der Waals surface area (Å²) in [7, 11) is 0. The maximum Gasteiger partial charge on any atom is 0.263 e. The Labute approximate surface area is 141 Å². The third kappa shape index (κ3) is 2.50. The Morgan fingerprint density at radius 3 is 2.87 bits per heavy atom. The molecular weight excluding hydrogens is 304 g/mol. The molecule has 1 atom stereocenters. The third-order valence-corrected chi connectivity index (χ3v) is 6.48. The fourth-order valence-electron chi connectivity index (χ4n) is 3.70. The lowest BCUT2D eigenvalue weighted by Crippen LogP contribution is -2.34. The molecule has 1 aromatic carbocycles. The summed E-state index contributed by atoms with van der Waals surface area (Å²) in [6, 6.07) is 10.7. The predicted octanol–water partition coefficient (Wildman–Crippen LogP) is 3.32. The molecule has 0 bridgehead atoms. The first-order valence-corrected chi connectivity index (χ1v) is 9.12. The van der Waals surface area contributed by atoms with Crippen LogP contribution >= 0.6 is 11.3 Å². The van der Waals surface area contributed by atoms with Crippen LogP contribution in [-0.4, -0.2) is 30.4 Å². The number of benzene rings is 1. The van der Waals surface area contributed by atoms with Crippen LogP contribution in [0, 0.1) is 5.41 Å². The summed E-state index contributed by atoms with van der Waals surface area (Å²) in [6.07, 6.45) is 3.11. The van der Waals surface area contributed by atoms with Crippen molar-refractivity contribution in [2.24, 2.45) is 11.1 Å². The van der Waals surface area contributed by atoms with Crippen molar-refractivity contribution in [3.05, 3.63) is 46.3 Å². The Kier molecular flexibility index (Phi) is 3.54. The first-order valence-electron chi connectivity index (χ1n) is 8.30. The van der Waals surface area contributed by atoms with Crippen LogP contribution in [0.25, 0.3) is 10.4 Å². The molecule has 1 amide bonds. The van der Waals surface area contributed by atoms with E-state index in [1.807, 2.05) is 4.90 Å². The van der Waals surface area contributed by atoms with E-state index in [-0.39, 0.29) is 11.3 Å². The van der Waals surface area contributed by atoms with Gasteiger partial charge in [0, 0.05) is 18.0 Å². The highest BCUT2D eigenvalue weighted by Gasteiger charge is 2.36. The number of nitrogens with zero attached hydrogens (tertiary/aromatic N) is 1. The Hall–Kier alpha value is -1.65. The van der Waals surface area contributed by atoms with Crippen molar-refractivity contribution in [3.8, 4) is 10.4 Å². The standard InChI is InChI=1S/C19H22N2OS/c1-19(11-20)8-9-21(12-19)18(22)16-10-14-7-6-13-4-2-3-5-15(13)17(14)23-16/h2-5,10H,6-9,11-12,20H2,1H3. The maximum atomic E-state index is 12.9. The minimum atomic E-state index is 0.0825. The molecule has 3 nitrogen and oxygen atoms in total. The molecule has 4 heteroatoms. The van der Waals surface area contributed by atoms with Crippen LogP contribution in [0.1, 0.15) is 34.1 Å². The lowest BCUT2D eigenvalue weighted by molar-refractivity contribution is 0.0781. The number of hydrogen-bond acceptors (Lipinski definition) is 3. The van der Waals surface area contributed by atoms with Gasteiger partial charge in [-0.05, 0) is 54.0 Å². The van der Waals surface area contributed by atoms with Gasteiger partial charge in [-0.15, -0.1) is 11.3 Å². The van der Waals surface area contributed by atoms with Gasteiger partial charge in [-0.25, -0.2) is 0 Å². The smallest absolute Gasteiger partial charge is 0.263 e. The van der Waals surface area contributed by atoms with Gasteiger partial charge < -0.3 is 10.6 Å². The van der Waals surface area contributed by atoms with E-state index < -0.39 is 0 Å². The highest BCUT2D eigenvalue weighted by atomic mass is 32.1. The maximum absolute atomic E-state index is 12.9.